The molecule has 2 saturated heterocycles. The first-order valence-electron chi connectivity index (χ1n) is 6.31. The van der Waals surface area contributed by atoms with Crippen LogP contribution >= 0.6 is 11.8 Å². The summed E-state index contributed by atoms with van der Waals surface area (Å²) in [5.74, 6) is 1.50. The first-order chi connectivity index (χ1) is 8.72. The summed E-state index contributed by atoms with van der Waals surface area (Å²) in [6.07, 6.45) is 2.96. The SMILES string of the molecule is CCO[C@@H]1CSC2(C1)CN(C(=O)c1ccco1)C2. The molecule has 1 aromatic heterocycles. The summed E-state index contributed by atoms with van der Waals surface area (Å²) in [5, 5.41) is 0. The van der Waals surface area contributed by atoms with Gasteiger partial charge in [0.1, 0.15) is 0 Å². The molecule has 1 aromatic rings. The topological polar surface area (TPSA) is 42.7 Å². The van der Waals surface area contributed by atoms with Gasteiger partial charge in [-0.1, -0.05) is 0 Å². The number of rotatable bonds is 3. The van der Waals surface area contributed by atoms with Gasteiger partial charge in [-0.25, -0.2) is 0 Å². The van der Waals surface area contributed by atoms with Crippen LogP contribution in [0.15, 0.2) is 22.8 Å². The van der Waals surface area contributed by atoms with Gasteiger partial charge in [0.25, 0.3) is 5.91 Å². The molecule has 1 amide bonds. The van der Waals surface area contributed by atoms with E-state index in [0.717, 1.165) is 31.9 Å². The van der Waals surface area contributed by atoms with Crippen molar-refractivity contribution < 1.29 is 13.9 Å². The van der Waals surface area contributed by atoms with Crippen molar-refractivity contribution >= 4 is 17.7 Å². The molecule has 98 valence electrons. The van der Waals surface area contributed by atoms with Crippen LogP contribution < -0.4 is 0 Å². The number of hydrogen-bond donors (Lipinski definition) is 0. The number of nitrogens with zero attached hydrogens (tertiary/aromatic N) is 1. The number of thioether (sulfide) groups is 1. The largest absolute Gasteiger partial charge is 0.459 e. The lowest BCUT2D eigenvalue weighted by atomic mass is 9.92. The van der Waals surface area contributed by atoms with Gasteiger partial charge in [0.15, 0.2) is 5.76 Å². The summed E-state index contributed by atoms with van der Waals surface area (Å²) in [4.78, 5) is 13.9. The zero-order chi connectivity index (χ0) is 12.6. The van der Waals surface area contributed by atoms with Crippen molar-refractivity contribution in [2.24, 2.45) is 0 Å². The quantitative estimate of drug-likeness (QED) is 0.840. The Bertz CT molecular complexity index is 425. The fourth-order valence-electron chi connectivity index (χ4n) is 2.71. The van der Waals surface area contributed by atoms with Crippen molar-refractivity contribution in [2.75, 3.05) is 25.4 Å². The fraction of sp³-hybridized carbons (Fsp3) is 0.615. The maximum absolute atomic E-state index is 12.0. The highest BCUT2D eigenvalue weighted by Crippen LogP contribution is 2.46. The molecule has 2 aliphatic heterocycles. The molecule has 4 nitrogen and oxygen atoms in total. The van der Waals surface area contributed by atoms with E-state index in [1.165, 1.54) is 6.26 Å². The average Bonchev–Trinajstić information content (AvgIpc) is 2.95. The van der Waals surface area contributed by atoms with Crippen LogP contribution in [-0.4, -0.2) is 47.1 Å². The van der Waals surface area contributed by atoms with E-state index in [-0.39, 0.29) is 10.7 Å². The first kappa shape index (κ1) is 12.1. The molecule has 2 fully saturated rings. The lowest BCUT2D eigenvalue weighted by Gasteiger charge is -2.47. The van der Waals surface area contributed by atoms with Crippen molar-refractivity contribution in [1.29, 1.82) is 0 Å². The smallest absolute Gasteiger partial charge is 0.289 e. The summed E-state index contributed by atoms with van der Waals surface area (Å²) in [6, 6.07) is 3.47. The van der Waals surface area contributed by atoms with Crippen LogP contribution in [0.4, 0.5) is 0 Å². The number of hydrogen-bond acceptors (Lipinski definition) is 4. The second-order valence-electron chi connectivity index (χ2n) is 4.91. The molecule has 0 saturated carbocycles. The summed E-state index contributed by atoms with van der Waals surface area (Å²) >= 11 is 1.95. The van der Waals surface area contributed by atoms with Gasteiger partial charge >= 0.3 is 0 Å². The minimum Gasteiger partial charge on any atom is -0.459 e. The van der Waals surface area contributed by atoms with Gasteiger partial charge in [-0.3, -0.25) is 4.79 Å². The van der Waals surface area contributed by atoms with Gasteiger partial charge in [-0.15, -0.1) is 11.8 Å². The molecule has 0 aromatic carbocycles. The van der Waals surface area contributed by atoms with Crippen molar-refractivity contribution in [2.45, 2.75) is 24.2 Å². The maximum Gasteiger partial charge on any atom is 0.289 e. The normalized spacial score (nSPS) is 25.4. The van der Waals surface area contributed by atoms with E-state index in [9.17, 15) is 4.79 Å². The predicted molar refractivity (Wildman–Crippen MR) is 69.8 cm³/mol. The Morgan fingerprint density at radius 2 is 2.50 bits per heavy atom. The first-order valence-corrected chi connectivity index (χ1v) is 7.29. The van der Waals surface area contributed by atoms with Crippen LogP contribution in [0.3, 0.4) is 0 Å². The number of carbonyl (C=O) groups excluding carboxylic acids is 1. The Balaban J connectivity index is 1.56. The lowest BCUT2D eigenvalue weighted by molar-refractivity contribution is 0.0340. The standard InChI is InChI=1S/C13H17NO3S/c1-2-16-10-6-13(18-7-10)8-14(9-13)12(15)11-4-3-5-17-11/h3-5,10H,2,6-9H2,1H3/t10-/m0/s1. The van der Waals surface area contributed by atoms with Crippen molar-refractivity contribution in [3.63, 3.8) is 0 Å². The van der Waals surface area contributed by atoms with Crippen LogP contribution in [0.5, 0.6) is 0 Å². The third-order valence-corrected chi connectivity index (χ3v) is 5.13. The minimum atomic E-state index is 0.00563. The van der Waals surface area contributed by atoms with Crippen LogP contribution in [0, 0.1) is 0 Å². The molecule has 1 spiro atoms. The Kier molecular flexibility index (Phi) is 3.11. The second-order valence-corrected chi connectivity index (χ2v) is 6.40. The third-order valence-electron chi connectivity index (χ3n) is 3.55. The number of amides is 1. The van der Waals surface area contributed by atoms with Crippen molar-refractivity contribution in [3.8, 4) is 0 Å². The molecule has 3 rings (SSSR count). The van der Waals surface area contributed by atoms with Gasteiger partial charge in [0, 0.05) is 25.4 Å². The van der Waals surface area contributed by atoms with Gasteiger partial charge in [0.2, 0.25) is 0 Å². The molecular weight excluding hydrogens is 250 g/mol. The van der Waals surface area contributed by atoms with Crippen LogP contribution in [0.25, 0.3) is 0 Å². The van der Waals surface area contributed by atoms with Gasteiger partial charge < -0.3 is 14.1 Å². The molecule has 18 heavy (non-hydrogen) atoms. The average molecular weight is 267 g/mol. The van der Waals surface area contributed by atoms with Crippen molar-refractivity contribution in [1.82, 2.24) is 4.90 Å². The number of carbonyl (C=O) groups is 1. The molecule has 5 heteroatoms. The van der Waals surface area contributed by atoms with E-state index in [1.54, 1.807) is 12.1 Å². The summed E-state index contributed by atoms with van der Waals surface area (Å²) in [5.41, 5.74) is 0. The van der Waals surface area contributed by atoms with Gasteiger partial charge in [-0.2, -0.15) is 0 Å². The van der Waals surface area contributed by atoms with E-state index >= 15 is 0 Å². The minimum absolute atomic E-state index is 0.00563. The molecule has 0 N–H and O–H groups in total. The van der Waals surface area contributed by atoms with Gasteiger partial charge in [0.05, 0.1) is 17.1 Å². The highest BCUT2D eigenvalue weighted by atomic mass is 32.2. The zero-order valence-electron chi connectivity index (χ0n) is 10.4. The van der Waals surface area contributed by atoms with Crippen molar-refractivity contribution in [3.05, 3.63) is 24.2 Å². The Morgan fingerprint density at radius 1 is 1.67 bits per heavy atom. The molecule has 1 atom stereocenters. The summed E-state index contributed by atoms with van der Waals surface area (Å²) in [7, 11) is 0. The summed E-state index contributed by atoms with van der Waals surface area (Å²) in [6.45, 7) is 4.45. The van der Waals surface area contributed by atoms with E-state index < -0.39 is 0 Å². The molecule has 0 unspecified atom stereocenters. The maximum atomic E-state index is 12.0. The Hall–Kier alpha value is -0.940. The third kappa shape index (κ3) is 2.06. The molecular formula is C13H17NO3S. The number of furan rings is 1. The predicted octanol–water partition coefficient (Wildman–Crippen LogP) is 2.02. The van der Waals surface area contributed by atoms with Gasteiger partial charge in [-0.05, 0) is 25.5 Å². The second kappa shape index (κ2) is 4.63. The van der Waals surface area contributed by atoms with Crippen LogP contribution in [-0.2, 0) is 4.74 Å². The number of ether oxygens (including phenoxy) is 1. The van der Waals surface area contributed by atoms with E-state index in [4.69, 9.17) is 9.15 Å². The number of likely N-dealkylation sites (tertiary alicyclic amines) is 1. The monoisotopic (exact) mass is 267 g/mol. The molecule has 0 radical (unpaired) electrons. The lowest BCUT2D eigenvalue weighted by Crippen LogP contribution is -2.60. The van der Waals surface area contributed by atoms with Crippen LogP contribution in [0.2, 0.25) is 0 Å². The summed E-state index contributed by atoms with van der Waals surface area (Å²) < 4.78 is 11.0. The van der Waals surface area contributed by atoms with E-state index in [2.05, 4.69) is 0 Å². The zero-order valence-corrected chi connectivity index (χ0v) is 11.2. The highest BCUT2D eigenvalue weighted by molar-refractivity contribution is 8.01. The molecule has 0 aliphatic carbocycles. The van der Waals surface area contributed by atoms with Crippen LogP contribution in [0.1, 0.15) is 23.9 Å². The van der Waals surface area contributed by atoms with E-state index in [0.29, 0.717) is 11.9 Å². The molecule has 3 heterocycles. The molecule has 0 bridgehead atoms. The molecule has 2 aliphatic rings. The Morgan fingerprint density at radius 3 is 3.17 bits per heavy atom. The fourth-order valence-corrected chi connectivity index (χ4v) is 4.27. The Labute approximate surface area is 111 Å². The van der Waals surface area contributed by atoms with E-state index in [1.807, 2.05) is 23.6 Å². The highest BCUT2D eigenvalue weighted by Gasteiger charge is 2.51.